The summed E-state index contributed by atoms with van der Waals surface area (Å²) in [6.07, 6.45) is 6.06. The molecule has 1 aliphatic rings. The molecule has 14 heavy (non-hydrogen) atoms. The van der Waals surface area contributed by atoms with Crippen LogP contribution in [-0.2, 0) is 4.74 Å². The van der Waals surface area contributed by atoms with E-state index < -0.39 is 0 Å². The van der Waals surface area contributed by atoms with Crippen LogP contribution in [0.5, 0.6) is 0 Å². The molecule has 0 spiro atoms. The average molecular weight is 195 g/mol. The van der Waals surface area contributed by atoms with Gasteiger partial charge in [0.05, 0.1) is 12.8 Å². The maximum absolute atomic E-state index is 5.37. The number of rotatable bonds is 3. The van der Waals surface area contributed by atoms with Crippen molar-refractivity contribution in [2.24, 2.45) is 0 Å². The van der Waals surface area contributed by atoms with Crippen LogP contribution in [0.3, 0.4) is 0 Å². The van der Waals surface area contributed by atoms with Gasteiger partial charge in [-0.1, -0.05) is 5.10 Å². The summed E-state index contributed by atoms with van der Waals surface area (Å²) in [5.74, 6) is 0.567. The van der Waals surface area contributed by atoms with E-state index in [2.05, 4.69) is 15.5 Å². The summed E-state index contributed by atoms with van der Waals surface area (Å²) in [6.45, 7) is 2.46. The van der Waals surface area contributed by atoms with E-state index in [1.165, 1.54) is 0 Å². The third kappa shape index (κ3) is 2.25. The molecule has 1 aromatic rings. The first-order valence-corrected chi connectivity index (χ1v) is 4.69. The van der Waals surface area contributed by atoms with Crippen molar-refractivity contribution >= 4 is 6.01 Å². The zero-order valence-corrected chi connectivity index (χ0v) is 8.06. The zero-order chi connectivity index (χ0) is 9.80. The van der Waals surface area contributed by atoms with Crippen LogP contribution in [0.4, 0.5) is 6.01 Å². The topological polar surface area (TPSA) is 60.2 Å². The molecule has 1 N–H and O–H groups in total. The molecule has 0 fully saturated rings. The lowest BCUT2D eigenvalue weighted by Crippen LogP contribution is -2.23. The molecule has 0 radical (unpaired) electrons. The number of ether oxygens (including phenoxy) is 1. The van der Waals surface area contributed by atoms with Crippen molar-refractivity contribution in [2.75, 3.05) is 11.9 Å². The summed E-state index contributed by atoms with van der Waals surface area (Å²) >= 11 is 0. The summed E-state index contributed by atoms with van der Waals surface area (Å²) in [5.41, 5.74) is 0. The van der Waals surface area contributed by atoms with Crippen molar-refractivity contribution in [1.82, 2.24) is 10.2 Å². The van der Waals surface area contributed by atoms with Crippen molar-refractivity contribution in [3.05, 3.63) is 18.2 Å². The molecule has 0 saturated carbocycles. The molecular weight excluding hydrogens is 182 g/mol. The van der Waals surface area contributed by atoms with E-state index in [0.717, 1.165) is 12.8 Å². The van der Waals surface area contributed by atoms with Gasteiger partial charge in [0.1, 0.15) is 6.10 Å². The fourth-order valence-corrected chi connectivity index (χ4v) is 1.30. The molecule has 0 aromatic carbocycles. The first kappa shape index (κ1) is 9.05. The van der Waals surface area contributed by atoms with Crippen LogP contribution in [0.2, 0.25) is 0 Å². The summed E-state index contributed by atoms with van der Waals surface area (Å²) in [5, 5.41) is 10.6. The standard InChI is InChI=1S/C9H13N3O2/c1-7-11-12-9(14-7)10-6-8-4-2-3-5-13-8/h3,5,8H,2,4,6H2,1H3,(H,10,12). The zero-order valence-electron chi connectivity index (χ0n) is 8.06. The molecule has 0 amide bonds. The molecule has 1 unspecified atom stereocenters. The highest BCUT2D eigenvalue weighted by Crippen LogP contribution is 2.11. The molecule has 0 bridgehead atoms. The summed E-state index contributed by atoms with van der Waals surface area (Å²) in [6, 6.07) is 0.459. The molecule has 1 aliphatic heterocycles. The molecule has 0 saturated heterocycles. The predicted molar refractivity (Wildman–Crippen MR) is 50.8 cm³/mol. The molecule has 5 heteroatoms. The Labute approximate surface area is 82.2 Å². The van der Waals surface area contributed by atoms with Crippen LogP contribution in [0, 0.1) is 6.92 Å². The van der Waals surface area contributed by atoms with Gasteiger partial charge in [-0.05, 0) is 18.9 Å². The number of aromatic nitrogens is 2. The van der Waals surface area contributed by atoms with E-state index in [9.17, 15) is 0 Å². The third-order valence-corrected chi connectivity index (χ3v) is 2.03. The molecule has 2 rings (SSSR count). The van der Waals surface area contributed by atoms with Gasteiger partial charge in [0.25, 0.3) is 0 Å². The van der Waals surface area contributed by atoms with E-state index in [0.29, 0.717) is 18.5 Å². The lowest BCUT2D eigenvalue weighted by Gasteiger charge is -2.18. The number of hydrogen-bond donors (Lipinski definition) is 1. The van der Waals surface area contributed by atoms with Gasteiger partial charge in [0.15, 0.2) is 0 Å². The van der Waals surface area contributed by atoms with Crippen LogP contribution < -0.4 is 5.32 Å². The summed E-state index contributed by atoms with van der Waals surface area (Å²) in [4.78, 5) is 0. The van der Waals surface area contributed by atoms with Crippen LogP contribution in [-0.4, -0.2) is 22.8 Å². The Morgan fingerprint density at radius 3 is 3.14 bits per heavy atom. The number of nitrogens with zero attached hydrogens (tertiary/aromatic N) is 2. The van der Waals surface area contributed by atoms with E-state index in [1.54, 1.807) is 13.2 Å². The predicted octanol–water partition coefficient (Wildman–Crippen LogP) is 1.48. The second-order valence-electron chi connectivity index (χ2n) is 3.21. The highest BCUT2D eigenvalue weighted by molar-refractivity contribution is 5.16. The van der Waals surface area contributed by atoms with Crippen LogP contribution in [0.1, 0.15) is 18.7 Å². The van der Waals surface area contributed by atoms with Crippen molar-refractivity contribution in [2.45, 2.75) is 25.9 Å². The average Bonchev–Trinajstić information content (AvgIpc) is 2.63. The maximum atomic E-state index is 5.37. The normalized spacial score (nSPS) is 20.5. The fourth-order valence-electron chi connectivity index (χ4n) is 1.30. The molecular formula is C9H13N3O2. The molecule has 2 heterocycles. The minimum Gasteiger partial charge on any atom is -0.497 e. The van der Waals surface area contributed by atoms with Crippen LogP contribution in [0.15, 0.2) is 16.8 Å². The van der Waals surface area contributed by atoms with Gasteiger partial charge < -0.3 is 14.5 Å². The molecule has 76 valence electrons. The quantitative estimate of drug-likeness (QED) is 0.791. The third-order valence-electron chi connectivity index (χ3n) is 2.03. The first-order valence-electron chi connectivity index (χ1n) is 4.69. The number of nitrogens with one attached hydrogen (secondary N) is 1. The van der Waals surface area contributed by atoms with Gasteiger partial charge in [-0.3, -0.25) is 0 Å². The smallest absolute Gasteiger partial charge is 0.315 e. The monoisotopic (exact) mass is 195 g/mol. The first-order chi connectivity index (χ1) is 6.84. The van der Waals surface area contributed by atoms with Crippen LogP contribution >= 0.6 is 0 Å². The Morgan fingerprint density at radius 1 is 1.57 bits per heavy atom. The van der Waals surface area contributed by atoms with Gasteiger partial charge in [-0.15, -0.1) is 5.10 Å². The summed E-state index contributed by atoms with van der Waals surface area (Å²) in [7, 11) is 0. The molecule has 1 atom stereocenters. The molecule has 5 nitrogen and oxygen atoms in total. The fraction of sp³-hybridized carbons (Fsp3) is 0.556. The van der Waals surface area contributed by atoms with E-state index in [1.807, 2.05) is 6.08 Å². The van der Waals surface area contributed by atoms with Gasteiger partial charge in [0, 0.05) is 6.92 Å². The minimum atomic E-state index is 0.201. The van der Waals surface area contributed by atoms with Crippen molar-refractivity contribution in [3.8, 4) is 0 Å². The van der Waals surface area contributed by atoms with E-state index in [-0.39, 0.29) is 6.10 Å². The number of hydrogen-bond acceptors (Lipinski definition) is 5. The Bertz CT molecular complexity index is 322. The number of aryl methyl sites for hydroxylation is 1. The van der Waals surface area contributed by atoms with Crippen LogP contribution in [0.25, 0.3) is 0 Å². The highest BCUT2D eigenvalue weighted by Gasteiger charge is 2.11. The van der Waals surface area contributed by atoms with Gasteiger partial charge in [0.2, 0.25) is 5.89 Å². The van der Waals surface area contributed by atoms with E-state index >= 15 is 0 Å². The molecule has 1 aromatic heterocycles. The SMILES string of the molecule is Cc1nnc(NCC2CCC=CO2)o1. The Morgan fingerprint density at radius 2 is 2.50 bits per heavy atom. The van der Waals surface area contributed by atoms with E-state index in [4.69, 9.17) is 9.15 Å². The lowest BCUT2D eigenvalue weighted by atomic mass is 10.1. The van der Waals surface area contributed by atoms with Gasteiger partial charge in [-0.2, -0.15) is 0 Å². The molecule has 0 aliphatic carbocycles. The maximum Gasteiger partial charge on any atom is 0.315 e. The minimum absolute atomic E-state index is 0.201. The van der Waals surface area contributed by atoms with Crippen molar-refractivity contribution < 1.29 is 9.15 Å². The second-order valence-corrected chi connectivity index (χ2v) is 3.21. The number of allylic oxidation sites excluding steroid dienone is 1. The van der Waals surface area contributed by atoms with Crippen molar-refractivity contribution in [3.63, 3.8) is 0 Å². The number of anilines is 1. The Balaban J connectivity index is 1.79. The summed E-state index contributed by atoms with van der Waals surface area (Å²) < 4.78 is 10.5. The highest BCUT2D eigenvalue weighted by atomic mass is 16.5. The van der Waals surface area contributed by atoms with Gasteiger partial charge in [-0.25, -0.2) is 0 Å². The van der Waals surface area contributed by atoms with Crippen molar-refractivity contribution in [1.29, 1.82) is 0 Å². The second kappa shape index (κ2) is 4.13. The van der Waals surface area contributed by atoms with Gasteiger partial charge >= 0.3 is 6.01 Å². The Kier molecular flexibility index (Phi) is 2.67. The Hall–Kier alpha value is -1.52. The lowest BCUT2D eigenvalue weighted by molar-refractivity contribution is 0.134. The largest absolute Gasteiger partial charge is 0.497 e.